The lowest BCUT2D eigenvalue weighted by molar-refractivity contribution is -0.137. The average Bonchev–Trinajstić information content (AvgIpc) is 2.73. The maximum absolute atomic E-state index is 13.0. The number of carbonyl (C=O) groups excluding carboxylic acids is 2. The summed E-state index contributed by atoms with van der Waals surface area (Å²) >= 11 is 0. The van der Waals surface area contributed by atoms with Gasteiger partial charge in [0.1, 0.15) is 5.75 Å². The largest absolute Gasteiger partial charge is 0.508 e. The van der Waals surface area contributed by atoms with Gasteiger partial charge in [0.15, 0.2) is 0 Å². The minimum atomic E-state index is -0.233. The second-order valence-electron chi connectivity index (χ2n) is 6.84. The van der Waals surface area contributed by atoms with Crippen LogP contribution in [-0.2, 0) is 9.53 Å². The third-order valence-corrected chi connectivity index (χ3v) is 5.22. The number of morpholine rings is 1. The molecule has 0 bridgehead atoms. The second-order valence-corrected chi connectivity index (χ2v) is 6.84. The summed E-state index contributed by atoms with van der Waals surface area (Å²) in [5.41, 5.74) is 2.20. The Balaban J connectivity index is 1.62. The quantitative estimate of drug-likeness (QED) is 0.886. The highest BCUT2D eigenvalue weighted by Gasteiger charge is 2.35. The highest BCUT2D eigenvalue weighted by Crippen LogP contribution is 2.37. The van der Waals surface area contributed by atoms with Gasteiger partial charge in [-0.15, -0.1) is 0 Å². The molecule has 140 valence electrons. The van der Waals surface area contributed by atoms with Crippen molar-refractivity contribution >= 4 is 17.5 Å². The number of phenols is 1. The van der Waals surface area contributed by atoms with Gasteiger partial charge in [0.2, 0.25) is 5.91 Å². The normalized spacial score (nSPS) is 19.5. The minimum Gasteiger partial charge on any atom is -0.508 e. The average molecular weight is 366 g/mol. The molecule has 1 unspecified atom stereocenters. The van der Waals surface area contributed by atoms with E-state index in [4.69, 9.17) is 4.74 Å². The first-order valence-corrected chi connectivity index (χ1v) is 9.21. The number of amides is 2. The van der Waals surface area contributed by atoms with Crippen molar-refractivity contribution in [1.82, 2.24) is 4.90 Å². The third kappa shape index (κ3) is 3.40. The Bertz CT molecular complexity index is 844. The molecule has 0 radical (unpaired) electrons. The number of hydrogen-bond donors (Lipinski definition) is 1. The number of ether oxygens (including phenoxy) is 1. The van der Waals surface area contributed by atoms with Gasteiger partial charge in [0.25, 0.3) is 5.91 Å². The van der Waals surface area contributed by atoms with Crippen LogP contribution in [0.25, 0.3) is 0 Å². The van der Waals surface area contributed by atoms with E-state index in [1.54, 1.807) is 17.0 Å². The zero-order chi connectivity index (χ0) is 18.8. The molecule has 0 aliphatic carbocycles. The molecule has 1 N–H and O–H groups in total. The van der Waals surface area contributed by atoms with Gasteiger partial charge in [-0.25, -0.2) is 0 Å². The van der Waals surface area contributed by atoms with Crippen molar-refractivity contribution in [3.63, 3.8) is 0 Å². The van der Waals surface area contributed by atoms with Crippen molar-refractivity contribution in [1.29, 1.82) is 0 Å². The van der Waals surface area contributed by atoms with Gasteiger partial charge in [-0.2, -0.15) is 0 Å². The summed E-state index contributed by atoms with van der Waals surface area (Å²) in [5.74, 6) is -0.118. The van der Waals surface area contributed by atoms with Gasteiger partial charge < -0.3 is 19.6 Å². The van der Waals surface area contributed by atoms with Crippen LogP contribution in [0.4, 0.5) is 5.69 Å². The van der Waals surface area contributed by atoms with Crippen LogP contribution in [-0.4, -0.2) is 54.7 Å². The molecule has 1 fully saturated rings. The van der Waals surface area contributed by atoms with Gasteiger partial charge in [-0.3, -0.25) is 9.59 Å². The van der Waals surface area contributed by atoms with Crippen molar-refractivity contribution in [3.8, 4) is 5.75 Å². The zero-order valence-electron chi connectivity index (χ0n) is 15.0. The number of carbonyl (C=O) groups is 2. The van der Waals surface area contributed by atoms with Crippen molar-refractivity contribution in [2.24, 2.45) is 0 Å². The van der Waals surface area contributed by atoms with E-state index >= 15 is 0 Å². The molecule has 2 aromatic rings. The summed E-state index contributed by atoms with van der Waals surface area (Å²) < 4.78 is 5.35. The number of rotatable bonds is 2. The molecule has 6 nitrogen and oxygen atoms in total. The van der Waals surface area contributed by atoms with Crippen molar-refractivity contribution in [3.05, 3.63) is 59.7 Å². The number of anilines is 1. The molecule has 6 heteroatoms. The van der Waals surface area contributed by atoms with E-state index in [9.17, 15) is 14.7 Å². The Morgan fingerprint density at radius 2 is 1.67 bits per heavy atom. The van der Waals surface area contributed by atoms with Gasteiger partial charge in [-0.1, -0.05) is 18.2 Å². The van der Waals surface area contributed by atoms with Crippen LogP contribution in [0.3, 0.4) is 0 Å². The van der Waals surface area contributed by atoms with Crippen LogP contribution in [0, 0.1) is 0 Å². The van der Waals surface area contributed by atoms with Crippen LogP contribution in [0.2, 0.25) is 0 Å². The van der Waals surface area contributed by atoms with Crippen LogP contribution in [0.15, 0.2) is 48.5 Å². The third-order valence-electron chi connectivity index (χ3n) is 5.22. The maximum Gasteiger partial charge on any atom is 0.258 e. The topological polar surface area (TPSA) is 70.1 Å². The molecule has 1 atom stereocenters. The van der Waals surface area contributed by atoms with E-state index in [0.29, 0.717) is 44.8 Å². The van der Waals surface area contributed by atoms with Gasteiger partial charge >= 0.3 is 0 Å². The summed E-state index contributed by atoms with van der Waals surface area (Å²) in [4.78, 5) is 29.6. The summed E-state index contributed by atoms with van der Waals surface area (Å²) in [5, 5.41) is 9.45. The number of aromatic hydroxyl groups is 1. The van der Waals surface area contributed by atoms with Crippen molar-refractivity contribution < 1.29 is 19.4 Å². The Kier molecular flexibility index (Phi) is 4.81. The summed E-state index contributed by atoms with van der Waals surface area (Å²) in [6, 6.07) is 13.9. The van der Waals surface area contributed by atoms with Crippen LogP contribution >= 0.6 is 0 Å². The molecule has 0 saturated carbocycles. The van der Waals surface area contributed by atoms with E-state index in [2.05, 4.69) is 0 Å². The SMILES string of the molecule is O=C(C1CCN(C(=O)c2ccc(O)cc2)c2ccccc21)N1CCOCC1. The van der Waals surface area contributed by atoms with Gasteiger partial charge in [-0.05, 0) is 42.3 Å². The zero-order valence-corrected chi connectivity index (χ0v) is 15.0. The summed E-state index contributed by atoms with van der Waals surface area (Å²) in [7, 11) is 0. The molecule has 2 aliphatic heterocycles. The predicted octanol–water partition coefficient (Wildman–Crippen LogP) is 2.39. The number of phenolic OH excluding ortho intramolecular Hbond substituents is 1. The van der Waals surface area contributed by atoms with Crippen LogP contribution in [0.1, 0.15) is 28.3 Å². The standard InChI is InChI=1S/C21H22N2O4/c24-16-7-5-15(6-8-16)20(25)23-10-9-18(17-3-1-2-4-19(17)23)21(26)22-11-13-27-14-12-22/h1-8,18,24H,9-14H2. The lowest BCUT2D eigenvalue weighted by atomic mass is 9.88. The first kappa shape index (κ1) is 17.5. The van der Waals surface area contributed by atoms with E-state index < -0.39 is 0 Å². The smallest absolute Gasteiger partial charge is 0.258 e. The Hall–Kier alpha value is -2.86. The molecule has 2 aromatic carbocycles. The number of benzene rings is 2. The number of fused-ring (bicyclic) bond motifs is 1. The highest BCUT2D eigenvalue weighted by molar-refractivity contribution is 6.07. The van der Waals surface area contributed by atoms with Crippen molar-refractivity contribution in [2.45, 2.75) is 12.3 Å². The number of nitrogens with zero attached hydrogens (tertiary/aromatic N) is 2. The molecule has 2 heterocycles. The first-order valence-electron chi connectivity index (χ1n) is 9.21. The molecule has 2 amide bonds. The molecular weight excluding hydrogens is 344 g/mol. The Labute approximate surface area is 158 Å². The maximum atomic E-state index is 13.0. The fraction of sp³-hybridized carbons (Fsp3) is 0.333. The van der Waals surface area contributed by atoms with E-state index in [-0.39, 0.29) is 23.5 Å². The van der Waals surface area contributed by atoms with E-state index in [0.717, 1.165) is 11.3 Å². The summed E-state index contributed by atoms with van der Waals surface area (Å²) in [6.07, 6.45) is 0.594. The van der Waals surface area contributed by atoms with Crippen LogP contribution < -0.4 is 4.90 Å². The Morgan fingerprint density at radius 1 is 0.963 bits per heavy atom. The van der Waals surface area contributed by atoms with E-state index in [1.165, 1.54) is 12.1 Å². The molecule has 2 aliphatic rings. The van der Waals surface area contributed by atoms with Crippen LogP contribution in [0.5, 0.6) is 5.75 Å². The van der Waals surface area contributed by atoms with Gasteiger partial charge in [0.05, 0.1) is 19.1 Å². The molecule has 4 rings (SSSR count). The molecular formula is C21H22N2O4. The highest BCUT2D eigenvalue weighted by atomic mass is 16.5. The van der Waals surface area contributed by atoms with E-state index in [1.807, 2.05) is 29.2 Å². The van der Waals surface area contributed by atoms with Crippen molar-refractivity contribution in [2.75, 3.05) is 37.7 Å². The molecule has 1 saturated heterocycles. The Morgan fingerprint density at radius 3 is 2.41 bits per heavy atom. The minimum absolute atomic E-state index is 0.113. The monoisotopic (exact) mass is 366 g/mol. The lowest BCUT2D eigenvalue weighted by Gasteiger charge is -2.37. The summed E-state index contributed by atoms with van der Waals surface area (Å²) in [6.45, 7) is 2.87. The second kappa shape index (κ2) is 7.40. The number of hydrogen-bond acceptors (Lipinski definition) is 4. The first-order chi connectivity index (χ1) is 13.1. The molecule has 0 spiro atoms. The van der Waals surface area contributed by atoms with Gasteiger partial charge in [0, 0.05) is 30.9 Å². The molecule has 27 heavy (non-hydrogen) atoms. The fourth-order valence-electron chi connectivity index (χ4n) is 3.79. The number of para-hydroxylation sites is 1. The predicted molar refractivity (Wildman–Crippen MR) is 101 cm³/mol. The molecule has 0 aromatic heterocycles. The fourth-order valence-corrected chi connectivity index (χ4v) is 3.79. The lowest BCUT2D eigenvalue weighted by Crippen LogP contribution is -2.46.